The van der Waals surface area contributed by atoms with Gasteiger partial charge >= 0.3 is 0 Å². The van der Waals surface area contributed by atoms with Gasteiger partial charge in [-0.25, -0.2) is 0 Å². The Labute approximate surface area is 107 Å². The first-order valence-electron chi connectivity index (χ1n) is 6.06. The van der Waals surface area contributed by atoms with Crippen molar-refractivity contribution in [1.82, 2.24) is 9.78 Å². The number of nitrogen functional groups attached to an aromatic ring is 1. The van der Waals surface area contributed by atoms with Gasteiger partial charge in [0.15, 0.2) is 0 Å². The average molecular weight is 245 g/mol. The van der Waals surface area contributed by atoms with Gasteiger partial charge in [-0.05, 0) is 38.5 Å². The molecule has 0 aliphatic rings. The van der Waals surface area contributed by atoms with E-state index in [9.17, 15) is 5.11 Å². The summed E-state index contributed by atoms with van der Waals surface area (Å²) < 4.78 is 1.82. The van der Waals surface area contributed by atoms with Crippen LogP contribution in [0.2, 0.25) is 0 Å². The molecule has 0 radical (unpaired) electrons. The Bertz CT molecular complexity index is 558. The SMILES string of the molecule is Cc1ccc(-c2cc(C)n(C[C@@H](C)O)n2)cc1N. The third-order valence-corrected chi connectivity index (χ3v) is 2.99. The van der Waals surface area contributed by atoms with Crippen LogP contribution in [0.1, 0.15) is 18.2 Å². The van der Waals surface area contributed by atoms with E-state index in [-0.39, 0.29) is 0 Å². The van der Waals surface area contributed by atoms with Gasteiger partial charge in [-0.2, -0.15) is 5.10 Å². The van der Waals surface area contributed by atoms with Crippen molar-refractivity contribution in [2.75, 3.05) is 5.73 Å². The largest absolute Gasteiger partial charge is 0.398 e. The van der Waals surface area contributed by atoms with Crippen molar-refractivity contribution in [3.8, 4) is 11.3 Å². The van der Waals surface area contributed by atoms with E-state index in [0.29, 0.717) is 6.54 Å². The number of rotatable bonds is 3. The second-order valence-corrected chi connectivity index (χ2v) is 4.77. The van der Waals surface area contributed by atoms with E-state index in [0.717, 1.165) is 28.2 Å². The summed E-state index contributed by atoms with van der Waals surface area (Å²) in [6, 6.07) is 7.95. The van der Waals surface area contributed by atoms with E-state index in [2.05, 4.69) is 5.10 Å². The summed E-state index contributed by atoms with van der Waals surface area (Å²) in [6.07, 6.45) is -0.403. The molecular formula is C14H19N3O. The van der Waals surface area contributed by atoms with E-state index in [1.807, 2.05) is 42.8 Å². The summed E-state index contributed by atoms with van der Waals surface area (Å²) in [5, 5.41) is 13.9. The highest BCUT2D eigenvalue weighted by molar-refractivity contribution is 5.66. The Hall–Kier alpha value is -1.81. The number of nitrogens with zero attached hydrogens (tertiary/aromatic N) is 2. The fourth-order valence-electron chi connectivity index (χ4n) is 1.89. The second kappa shape index (κ2) is 4.82. The van der Waals surface area contributed by atoms with Crippen molar-refractivity contribution in [3.63, 3.8) is 0 Å². The standard InChI is InChI=1S/C14H19N3O/c1-9-4-5-12(7-13(9)15)14-6-10(2)17(16-14)8-11(3)18/h4-7,11,18H,8,15H2,1-3H3/t11-/m1/s1. The molecule has 2 aromatic rings. The fraction of sp³-hybridized carbons (Fsp3) is 0.357. The van der Waals surface area contributed by atoms with Crippen molar-refractivity contribution in [2.24, 2.45) is 0 Å². The highest BCUT2D eigenvalue weighted by Gasteiger charge is 2.09. The fourth-order valence-corrected chi connectivity index (χ4v) is 1.89. The number of benzene rings is 1. The molecule has 0 bridgehead atoms. The summed E-state index contributed by atoms with van der Waals surface area (Å²) in [6.45, 7) is 6.23. The van der Waals surface area contributed by atoms with Crippen molar-refractivity contribution >= 4 is 5.69 Å². The number of hydrogen-bond donors (Lipinski definition) is 2. The Morgan fingerprint density at radius 3 is 2.67 bits per heavy atom. The Balaban J connectivity index is 2.36. The number of anilines is 1. The third kappa shape index (κ3) is 2.54. The molecule has 0 saturated carbocycles. The molecule has 1 heterocycles. The van der Waals surface area contributed by atoms with Crippen LogP contribution in [0.5, 0.6) is 0 Å². The molecule has 0 spiro atoms. The van der Waals surface area contributed by atoms with Gasteiger partial charge in [0.1, 0.15) is 0 Å². The zero-order chi connectivity index (χ0) is 13.3. The maximum Gasteiger partial charge on any atom is 0.0926 e. The molecule has 4 heteroatoms. The van der Waals surface area contributed by atoms with Crippen molar-refractivity contribution in [2.45, 2.75) is 33.4 Å². The summed E-state index contributed by atoms with van der Waals surface area (Å²) in [5.41, 5.74) is 10.7. The Morgan fingerprint density at radius 1 is 1.33 bits per heavy atom. The first-order valence-corrected chi connectivity index (χ1v) is 6.06. The minimum absolute atomic E-state index is 0.403. The normalized spacial score (nSPS) is 12.7. The summed E-state index contributed by atoms with van der Waals surface area (Å²) in [7, 11) is 0. The van der Waals surface area contributed by atoms with Crippen LogP contribution in [0.3, 0.4) is 0 Å². The van der Waals surface area contributed by atoms with Gasteiger partial charge in [0.05, 0.1) is 18.3 Å². The predicted molar refractivity (Wildman–Crippen MR) is 73.2 cm³/mol. The van der Waals surface area contributed by atoms with E-state index in [1.165, 1.54) is 0 Å². The van der Waals surface area contributed by atoms with Crippen LogP contribution in [-0.4, -0.2) is 21.0 Å². The van der Waals surface area contributed by atoms with E-state index >= 15 is 0 Å². The van der Waals surface area contributed by atoms with Gasteiger partial charge in [-0.1, -0.05) is 12.1 Å². The van der Waals surface area contributed by atoms with Gasteiger partial charge in [-0.15, -0.1) is 0 Å². The second-order valence-electron chi connectivity index (χ2n) is 4.77. The van der Waals surface area contributed by atoms with Crippen molar-refractivity contribution < 1.29 is 5.11 Å². The first kappa shape index (κ1) is 12.6. The molecule has 0 aliphatic heterocycles. The number of nitrogens with two attached hydrogens (primary N) is 1. The number of hydrogen-bond acceptors (Lipinski definition) is 3. The van der Waals surface area contributed by atoms with Crippen molar-refractivity contribution in [1.29, 1.82) is 0 Å². The highest BCUT2D eigenvalue weighted by Crippen LogP contribution is 2.23. The molecule has 1 aromatic heterocycles. The number of aryl methyl sites for hydroxylation is 2. The molecule has 3 N–H and O–H groups in total. The van der Waals surface area contributed by atoms with Crippen LogP contribution >= 0.6 is 0 Å². The molecule has 1 atom stereocenters. The van der Waals surface area contributed by atoms with Crippen LogP contribution in [0.15, 0.2) is 24.3 Å². The monoisotopic (exact) mass is 245 g/mol. The van der Waals surface area contributed by atoms with E-state index in [4.69, 9.17) is 5.73 Å². The highest BCUT2D eigenvalue weighted by atomic mass is 16.3. The van der Waals surface area contributed by atoms with Gasteiger partial charge in [0.2, 0.25) is 0 Å². The van der Waals surface area contributed by atoms with Crippen LogP contribution < -0.4 is 5.73 Å². The average Bonchev–Trinajstić information content (AvgIpc) is 2.63. The predicted octanol–water partition coefficient (Wildman–Crippen LogP) is 2.13. The molecule has 2 rings (SSSR count). The summed E-state index contributed by atoms with van der Waals surface area (Å²) >= 11 is 0. The zero-order valence-electron chi connectivity index (χ0n) is 11.0. The molecule has 0 unspecified atom stereocenters. The van der Waals surface area contributed by atoms with Gasteiger partial charge < -0.3 is 10.8 Å². The summed E-state index contributed by atoms with van der Waals surface area (Å²) in [5.74, 6) is 0. The first-order chi connectivity index (χ1) is 8.47. The maximum absolute atomic E-state index is 9.41. The van der Waals surface area contributed by atoms with E-state index in [1.54, 1.807) is 6.92 Å². The molecular weight excluding hydrogens is 226 g/mol. The van der Waals surface area contributed by atoms with Crippen LogP contribution in [0.25, 0.3) is 11.3 Å². The quantitative estimate of drug-likeness (QED) is 0.814. The molecule has 0 fully saturated rings. The molecule has 0 saturated heterocycles. The van der Waals surface area contributed by atoms with Crippen molar-refractivity contribution in [3.05, 3.63) is 35.5 Å². The topological polar surface area (TPSA) is 64.1 Å². The smallest absolute Gasteiger partial charge is 0.0926 e. The molecule has 18 heavy (non-hydrogen) atoms. The third-order valence-electron chi connectivity index (χ3n) is 2.99. The summed E-state index contributed by atoms with van der Waals surface area (Å²) in [4.78, 5) is 0. The maximum atomic E-state index is 9.41. The van der Waals surface area contributed by atoms with Crippen LogP contribution in [0.4, 0.5) is 5.69 Å². The van der Waals surface area contributed by atoms with Crippen LogP contribution in [-0.2, 0) is 6.54 Å². The molecule has 0 amide bonds. The minimum atomic E-state index is -0.403. The van der Waals surface area contributed by atoms with Gasteiger partial charge in [0, 0.05) is 16.9 Å². The lowest BCUT2D eigenvalue weighted by Crippen LogP contribution is -2.14. The number of aliphatic hydroxyl groups is 1. The van der Waals surface area contributed by atoms with E-state index < -0.39 is 6.10 Å². The zero-order valence-corrected chi connectivity index (χ0v) is 11.0. The molecule has 4 nitrogen and oxygen atoms in total. The lowest BCUT2D eigenvalue weighted by molar-refractivity contribution is 0.167. The van der Waals surface area contributed by atoms with Crippen LogP contribution in [0, 0.1) is 13.8 Å². The Morgan fingerprint density at radius 2 is 2.06 bits per heavy atom. The van der Waals surface area contributed by atoms with Gasteiger partial charge in [0.25, 0.3) is 0 Å². The van der Waals surface area contributed by atoms with Gasteiger partial charge in [-0.3, -0.25) is 4.68 Å². The number of aromatic nitrogens is 2. The number of aliphatic hydroxyl groups excluding tert-OH is 1. The molecule has 0 aliphatic carbocycles. The lowest BCUT2D eigenvalue weighted by atomic mass is 10.1. The lowest BCUT2D eigenvalue weighted by Gasteiger charge is -2.06. The minimum Gasteiger partial charge on any atom is -0.398 e. The molecule has 1 aromatic carbocycles. The molecule has 96 valence electrons. The Kier molecular flexibility index (Phi) is 3.39.